The Labute approximate surface area is 101 Å². The first-order chi connectivity index (χ1) is 8.00. The van der Waals surface area contributed by atoms with Crippen molar-refractivity contribution >= 4 is 5.91 Å². The number of H-pyrrole nitrogens is 1. The standard InChI is InChI=1S/C12H19N3O2/c1-7-4-5-15(6-10(7)16)12(17)11-8(2)13-14-9(11)3/h7,10,16H,4-6H2,1-3H3,(H,13,14). The average molecular weight is 237 g/mol. The topological polar surface area (TPSA) is 69.2 Å². The third-order valence-electron chi connectivity index (χ3n) is 3.55. The maximum Gasteiger partial charge on any atom is 0.257 e. The summed E-state index contributed by atoms with van der Waals surface area (Å²) in [5, 5.41) is 16.7. The van der Waals surface area contributed by atoms with Crippen molar-refractivity contribution in [1.29, 1.82) is 0 Å². The summed E-state index contributed by atoms with van der Waals surface area (Å²) >= 11 is 0. The number of nitrogens with zero attached hydrogens (tertiary/aromatic N) is 2. The van der Waals surface area contributed by atoms with E-state index in [0.717, 1.165) is 17.8 Å². The number of aliphatic hydroxyl groups is 1. The van der Waals surface area contributed by atoms with Crippen LogP contribution in [0.3, 0.4) is 0 Å². The van der Waals surface area contributed by atoms with Gasteiger partial charge in [0, 0.05) is 18.8 Å². The van der Waals surface area contributed by atoms with E-state index in [1.165, 1.54) is 0 Å². The lowest BCUT2D eigenvalue weighted by molar-refractivity contribution is 0.0248. The van der Waals surface area contributed by atoms with Crippen LogP contribution < -0.4 is 0 Å². The molecule has 5 heteroatoms. The summed E-state index contributed by atoms with van der Waals surface area (Å²) in [6, 6.07) is 0. The molecule has 2 atom stereocenters. The number of aliphatic hydroxyl groups excluding tert-OH is 1. The molecule has 0 radical (unpaired) electrons. The zero-order chi connectivity index (χ0) is 12.6. The van der Waals surface area contributed by atoms with Gasteiger partial charge in [-0.05, 0) is 26.2 Å². The van der Waals surface area contributed by atoms with Crippen molar-refractivity contribution in [2.75, 3.05) is 13.1 Å². The molecule has 2 unspecified atom stereocenters. The predicted molar refractivity (Wildman–Crippen MR) is 63.8 cm³/mol. The van der Waals surface area contributed by atoms with Crippen molar-refractivity contribution in [1.82, 2.24) is 15.1 Å². The van der Waals surface area contributed by atoms with Crippen molar-refractivity contribution in [3.63, 3.8) is 0 Å². The highest BCUT2D eigenvalue weighted by molar-refractivity contribution is 5.96. The van der Waals surface area contributed by atoms with Gasteiger partial charge >= 0.3 is 0 Å². The van der Waals surface area contributed by atoms with Crippen molar-refractivity contribution < 1.29 is 9.90 Å². The van der Waals surface area contributed by atoms with Crippen molar-refractivity contribution in [3.05, 3.63) is 17.0 Å². The number of nitrogens with one attached hydrogen (secondary N) is 1. The molecule has 94 valence electrons. The van der Waals surface area contributed by atoms with Crippen LogP contribution in [-0.2, 0) is 0 Å². The molecule has 1 saturated heterocycles. The van der Waals surface area contributed by atoms with Crippen molar-refractivity contribution in [3.8, 4) is 0 Å². The van der Waals surface area contributed by atoms with Gasteiger partial charge < -0.3 is 10.0 Å². The third-order valence-corrected chi connectivity index (χ3v) is 3.55. The molecule has 1 aromatic heterocycles. The molecule has 5 nitrogen and oxygen atoms in total. The second-order valence-corrected chi connectivity index (χ2v) is 4.89. The average Bonchev–Trinajstić information content (AvgIpc) is 2.62. The quantitative estimate of drug-likeness (QED) is 0.761. The fourth-order valence-electron chi connectivity index (χ4n) is 2.26. The number of hydrogen-bond donors (Lipinski definition) is 2. The summed E-state index contributed by atoms with van der Waals surface area (Å²) in [7, 11) is 0. The van der Waals surface area contributed by atoms with Crippen LogP contribution in [0.1, 0.15) is 35.1 Å². The Morgan fingerprint density at radius 3 is 2.76 bits per heavy atom. The second kappa shape index (κ2) is 4.49. The van der Waals surface area contributed by atoms with Crippen LogP contribution in [0.15, 0.2) is 0 Å². The Kier molecular flexibility index (Phi) is 3.19. The summed E-state index contributed by atoms with van der Waals surface area (Å²) in [6.45, 7) is 6.81. The monoisotopic (exact) mass is 237 g/mol. The molecule has 1 amide bonds. The molecule has 1 aliphatic heterocycles. The molecule has 0 aromatic carbocycles. The molecule has 2 rings (SSSR count). The molecular weight excluding hydrogens is 218 g/mol. The largest absolute Gasteiger partial charge is 0.391 e. The van der Waals surface area contributed by atoms with Crippen molar-refractivity contribution in [2.24, 2.45) is 5.92 Å². The zero-order valence-corrected chi connectivity index (χ0v) is 10.5. The van der Waals surface area contributed by atoms with E-state index in [2.05, 4.69) is 10.2 Å². The summed E-state index contributed by atoms with van der Waals surface area (Å²) in [5.74, 6) is 0.241. The lowest BCUT2D eigenvalue weighted by Crippen LogP contribution is -2.46. The second-order valence-electron chi connectivity index (χ2n) is 4.89. The number of rotatable bonds is 1. The summed E-state index contributed by atoms with van der Waals surface area (Å²) in [6.07, 6.45) is 0.434. The molecule has 1 aromatic rings. The van der Waals surface area contributed by atoms with Crippen LogP contribution in [0.2, 0.25) is 0 Å². The fourth-order valence-corrected chi connectivity index (χ4v) is 2.26. The Morgan fingerprint density at radius 2 is 2.24 bits per heavy atom. The van der Waals surface area contributed by atoms with E-state index in [-0.39, 0.29) is 11.8 Å². The first-order valence-electron chi connectivity index (χ1n) is 5.99. The molecule has 2 heterocycles. The minimum atomic E-state index is -0.416. The van der Waals surface area contributed by atoms with E-state index < -0.39 is 6.10 Å². The smallest absolute Gasteiger partial charge is 0.257 e. The number of carbonyl (C=O) groups excluding carboxylic acids is 1. The molecule has 1 fully saturated rings. The Morgan fingerprint density at radius 1 is 1.53 bits per heavy atom. The number of hydrogen-bond acceptors (Lipinski definition) is 3. The molecule has 0 bridgehead atoms. The summed E-state index contributed by atoms with van der Waals surface area (Å²) in [5.41, 5.74) is 2.16. The number of aromatic amines is 1. The predicted octanol–water partition coefficient (Wildman–Crippen LogP) is 0.869. The molecule has 2 N–H and O–H groups in total. The number of carbonyl (C=O) groups is 1. The van der Waals surface area contributed by atoms with E-state index in [1.807, 2.05) is 20.8 Å². The van der Waals surface area contributed by atoms with E-state index in [4.69, 9.17) is 0 Å². The molecule has 0 saturated carbocycles. The minimum Gasteiger partial charge on any atom is -0.391 e. The highest BCUT2D eigenvalue weighted by Crippen LogP contribution is 2.20. The van der Waals surface area contributed by atoms with Crippen LogP contribution in [0.4, 0.5) is 0 Å². The van der Waals surface area contributed by atoms with Crippen LogP contribution in [0.5, 0.6) is 0 Å². The van der Waals surface area contributed by atoms with Crippen LogP contribution >= 0.6 is 0 Å². The summed E-state index contributed by atoms with van der Waals surface area (Å²) < 4.78 is 0. The van der Waals surface area contributed by atoms with Gasteiger partial charge in [0.1, 0.15) is 0 Å². The van der Waals surface area contributed by atoms with Crippen LogP contribution in [-0.4, -0.2) is 45.3 Å². The third kappa shape index (κ3) is 2.20. The highest BCUT2D eigenvalue weighted by Gasteiger charge is 2.29. The molecule has 17 heavy (non-hydrogen) atoms. The number of β-amino-alcohol motifs (C(OH)–C–C–N with tert-alkyl or cyclic N) is 1. The van der Waals surface area contributed by atoms with E-state index in [0.29, 0.717) is 18.7 Å². The normalized spacial score (nSPS) is 25.1. The van der Waals surface area contributed by atoms with E-state index in [9.17, 15) is 9.90 Å². The van der Waals surface area contributed by atoms with Gasteiger partial charge in [0.15, 0.2) is 0 Å². The Balaban J connectivity index is 2.16. The van der Waals surface area contributed by atoms with Gasteiger partial charge in [0.2, 0.25) is 0 Å². The van der Waals surface area contributed by atoms with Gasteiger partial charge in [-0.2, -0.15) is 5.10 Å². The zero-order valence-electron chi connectivity index (χ0n) is 10.5. The molecule has 0 aliphatic carbocycles. The summed E-state index contributed by atoms with van der Waals surface area (Å²) in [4.78, 5) is 14.0. The SMILES string of the molecule is Cc1n[nH]c(C)c1C(=O)N1CCC(C)C(O)C1. The van der Waals surface area contributed by atoms with E-state index in [1.54, 1.807) is 4.90 Å². The molecule has 1 aliphatic rings. The lowest BCUT2D eigenvalue weighted by atomic mass is 9.95. The highest BCUT2D eigenvalue weighted by atomic mass is 16.3. The lowest BCUT2D eigenvalue weighted by Gasteiger charge is -2.34. The number of likely N-dealkylation sites (tertiary alicyclic amines) is 1. The maximum atomic E-state index is 12.3. The van der Waals surface area contributed by atoms with Gasteiger partial charge in [0.25, 0.3) is 5.91 Å². The fraction of sp³-hybridized carbons (Fsp3) is 0.667. The van der Waals surface area contributed by atoms with Gasteiger partial charge in [0.05, 0.1) is 17.4 Å². The Bertz CT molecular complexity index is 408. The maximum absolute atomic E-state index is 12.3. The number of aromatic nitrogens is 2. The number of piperidine rings is 1. The number of aryl methyl sites for hydroxylation is 2. The van der Waals surface area contributed by atoms with E-state index >= 15 is 0 Å². The van der Waals surface area contributed by atoms with Crippen LogP contribution in [0.25, 0.3) is 0 Å². The van der Waals surface area contributed by atoms with Crippen molar-refractivity contribution in [2.45, 2.75) is 33.3 Å². The van der Waals surface area contributed by atoms with Gasteiger partial charge in [-0.3, -0.25) is 9.89 Å². The Hall–Kier alpha value is -1.36. The minimum absolute atomic E-state index is 0.0281. The first-order valence-corrected chi connectivity index (χ1v) is 5.99. The molecular formula is C12H19N3O2. The number of amides is 1. The van der Waals surface area contributed by atoms with Gasteiger partial charge in [-0.25, -0.2) is 0 Å². The first kappa shape index (κ1) is 12.1. The van der Waals surface area contributed by atoms with Gasteiger partial charge in [-0.1, -0.05) is 6.92 Å². The molecule has 0 spiro atoms. The van der Waals surface area contributed by atoms with Crippen LogP contribution in [0, 0.1) is 19.8 Å². The van der Waals surface area contributed by atoms with Gasteiger partial charge in [-0.15, -0.1) is 0 Å².